The van der Waals surface area contributed by atoms with Crippen molar-refractivity contribution in [2.24, 2.45) is 0 Å². The average molecular weight is 269 g/mol. The number of aromatic nitrogens is 1. The molecular weight excluding hydrogens is 250 g/mol. The maximum atomic E-state index is 12.1. The number of rotatable bonds is 5. The van der Waals surface area contributed by atoms with Crippen LogP contribution in [0.4, 0.5) is 5.82 Å². The summed E-state index contributed by atoms with van der Waals surface area (Å²) in [5.74, 6) is 0.664. The van der Waals surface area contributed by atoms with E-state index in [0.717, 1.165) is 17.9 Å². The Morgan fingerprint density at radius 1 is 1.20 bits per heavy atom. The minimum absolute atomic E-state index is 0.0304. The lowest BCUT2D eigenvalue weighted by molar-refractivity contribution is 0.0939. The zero-order chi connectivity index (χ0) is 14.4. The first-order chi connectivity index (χ1) is 9.70. The van der Waals surface area contributed by atoms with Gasteiger partial charge in [0.2, 0.25) is 0 Å². The molecule has 0 bridgehead atoms. The van der Waals surface area contributed by atoms with E-state index >= 15 is 0 Å². The Kier molecular flexibility index (Phi) is 4.71. The van der Waals surface area contributed by atoms with E-state index in [1.165, 1.54) is 0 Å². The number of hydrogen-bond donors (Lipinski definition) is 2. The van der Waals surface area contributed by atoms with Crippen LogP contribution in [-0.4, -0.2) is 17.4 Å². The van der Waals surface area contributed by atoms with Gasteiger partial charge in [-0.2, -0.15) is 0 Å². The van der Waals surface area contributed by atoms with E-state index in [4.69, 9.17) is 0 Å². The zero-order valence-electron chi connectivity index (χ0n) is 11.8. The van der Waals surface area contributed by atoms with Crippen LogP contribution in [0.3, 0.4) is 0 Å². The number of hydrogen-bond acceptors (Lipinski definition) is 3. The van der Waals surface area contributed by atoms with Gasteiger partial charge >= 0.3 is 0 Å². The number of benzene rings is 1. The molecular formula is C16H19N3O. The number of nitrogens with one attached hydrogen (secondary N) is 2. The average Bonchev–Trinajstić information content (AvgIpc) is 2.49. The number of carbonyl (C=O) groups excluding carboxylic acids is 1. The molecule has 0 aliphatic carbocycles. The molecule has 0 saturated carbocycles. The molecule has 0 radical (unpaired) electrons. The van der Waals surface area contributed by atoms with Gasteiger partial charge in [-0.25, -0.2) is 4.98 Å². The summed E-state index contributed by atoms with van der Waals surface area (Å²) in [7, 11) is 0. The maximum Gasteiger partial charge on any atom is 0.253 e. The first-order valence-corrected chi connectivity index (χ1v) is 6.76. The van der Waals surface area contributed by atoms with Gasteiger partial charge in [0.1, 0.15) is 5.82 Å². The molecule has 0 fully saturated rings. The smallest absolute Gasteiger partial charge is 0.253 e. The first kappa shape index (κ1) is 14.1. The van der Waals surface area contributed by atoms with Crippen LogP contribution in [0.5, 0.6) is 0 Å². The number of carbonyl (C=O) groups is 1. The van der Waals surface area contributed by atoms with Crippen molar-refractivity contribution >= 4 is 11.7 Å². The van der Waals surface area contributed by atoms with E-state index < -0.39 is 0 Å². The maximum absolute atomic E-state index is 12.1. The quantitative estimate of drug-likeness (QED) is 0.877. The summed E-state index contributed by atoms with van der Waals surface area (Å²) in [5, 5.41) is 6.06. The van der Waals surface area contributed by atoms with Crippen molar-refractivity contribution in [3.8, 4) is 0 Å². The highest BCUT2D eigenvalue weighted by Gasteiger charge is 2.11. The third kappa shape index (κ3) is 3.57. The lowest BCUT2D eigenvalue weighted by atomic mass is 10.1. The largest absolute Gasteiger partial charge is 0.370 e. The highest BCUT2D eigenvalue weighted by atomic mass is 16.1. The molecule has 2 rings (SSSR count). The van der Waals surface area contributed by atoms with Gasteiger partial charge in [-0.05, 0) is 31.5 Å². The van der Waals surface area contributed by atoms with Gasteiger partial charge in [0.05, 0.1) is 11.6 Å². The SMILES string of the molecule is CCNc1ccc(C(=O)NC(C)c2ccccc2)cn1. The van der Waals surface area contributed by atoms with Crippen LogP contribution in [0.15, 0.2) is 48.7 Å². The Morgan fingerprint density at radius 2 is 1.95 bits per heavy atom. The molecule has 1 atom stereocenters. The van der Waals surface area contributed by atoms with Gasteiger partial charge in [0, 0.05) is 12.7 Å². The van der Waals surface area contributed by atoms with Gasteiger partial charge in [-0.1, -0.05) is 30.3 Å². The minimum atomic E-state index is -0.114. The number of nitrogens with zero attached hydrogens (tertiary/aromatic N) is 1. The van der Waals surface area contributed by atoms with Gasteiger partial charge < -0.3 is 10.6 Å². The predicted molar refractivity (Wildman–Crippen MR) is 80.7 cm³/mol. The van der Waals surface area contributed by atoms with Gasteiger partial charge in [-0.3, -0.25) is 4.79 Å². The Balaban J connectivity index is 2.01. The van der Waals surface area contributed by atoms with Crippen LogP contribution in [-0.2, 0) is 0 Å². The van der Waals surface area contributed by atoms with Crippen molar-refractivity contribution in [2.75, 3.05) is 11.9 Å². The van der Waals surface area contributed by atoms with Crippen LogP contribution in [0.25, 0.3) is 0 Å². The number of anilines is 1. The Hall–Kier alpha value is -2.36. The fraction of sp³-hybridized carbons (Fsp3) is 0.250. The molecule has 0 saturated heterocycles. The molecule has 4 nitrogen and oxygen atoms in total. The Morgan fingerprint density at radius 3 is 2.55 bits per heavy atom. The van der Waals surface area contributed by atoms with Crippen LogP contribution in [0, 0.1) is 0 Å². The third-order valence-corrected chi connectivity index (χ3v) is 3.03. The molecule has 0 spiro atoms. The van der Waals surface area contributed by atoms with Crippen molar-refractivity contribution < 1.29 is 4.79 Å². The minimum Gasteiger partial charge on any atom is -0.370 e. The Labute approximate surface area is 119 Å². The molecule has 20 heavy (non-hydrogen) atoms. The highest BCUT2D eigenvalue weighted by molar-refractivity contribution is 5.94. The van der Waals surface area contributed by atoms with Crippen molar-refractivity contribution in [1.29, 1.82) is 0 Å². The zero-order valence-corrected chi connectivity index (χ0v) is 11.8. The van der Waals surface area contributed by atoms with Crippen LogP contribution in [0.2, 0.25) is 0 Å². The van der Waals surface area contributed by atoms with Crippen molar-refractivity contribution in [1.82, 2.24) is 10.3 Å². The number of amides is 1. The summed E-state index contributed by atoms with van der Waals surface area (Å²) in [5.41, 5.74) is 1.65. The second kappa shape index (κ2) is 6.70. The second-order valence-corrected chi connectivity index (χ2v) is 4.57. The Bertz CT molecular complexity index is 552. The molecule has 1 amide bonds. The molecule has 1 unspecified atom stereocenters. The van der Waals surface area contributed by atoms with E-state index in [-0.39, 0.29) is 11.9 Å². The topological polar surface area (TPSA) is 54.0 Å². The third-order valence-electron chi connectivity index (χ3n) is 3.03. The first-order valence-electron chi connectivity index (χ1n) is 6.76. The summed E-state index contributed by atoms with van der Waals surface area (Å²) in [6, 6.07) is 13.4. The van der Waals surface area contributed by atoms with Crippen LogP contribution < -0.4 is 10.6 Å². The van der Waals surface area contributed by atoms with Crippen molar-refractivity contribution in [2.45, 2.75) is 19.9 Å². The van der Waals surface area contributed by atoms with Crippen LogP contribution in [0.1, 0.15) is 35.8 Å². The molecule has 0 aliphatic heterocycles. The summed E-state index contributed by atoms with van der Waals surface area (Å²) in [6.07, 6.45) is 1.59. The molecule has 0 aliphatic rings. The monoisotopic (exact) mass is 269 g/mol. The van der Waals surface area contributed by atoms with Crippen LogP contribution >= 0.6 is 0 Å². The molecule has 4 heteroatoms. The van der Waals surface area contributed by atoms with Gasteiger partial charge in [0.15, 0.2) is 0 Å². The summed E-state index contributed by atoms with van der Waals surface area (Å²) in [4.78, 5) is 16.3. The lowest BCUT2D eigenvalue weighted by Crippen LogP contribution is -2.26. The standard InChI is InChI=1S/C16H19N3O/c1-3-17-15-10-9-14(11-18-15)16(20)19-12(2)13-7-5-4-6-8-13/h4-12H,3H2,1-2H3,(H,17,18)(H,19,20). The molecule has 1 heterocycles. The second-order valence-electron chi connectivity index (χ2n) is 4.57. The molecule has 1 aromatic carbocycles. The predicted octanol–water partition coefficient (Wildman–Crippen LogP) is 3.00. The van der Waals surface area contributed by atoms with Gasteiger partial charge in [-0.15, -0.1) is 0 Å². The summed E-state index contributed by atoms with van der Waals surface area (Å²) < 4.78 is 0. The molecule has 104 valence electrons. The van der Waals surface area contributed by atoms with E-state index in [9.17, 15) is 4.79 Å². The summed E-state index contributed by atoms with van der Waals surface area (Å²) >= 11 is 0. The normalized spacial score (nSPS) is 11.7. The van der Waals surface area contributed by atoms with Crippen molar-refractivity contribution in [3.63, 3.8) is 0 Å². The fourth-order valence-corrected chi connectivity index (χ4v) is 1.92. The van der Waals surface area contributed by atoms with E-state index in [1.807, 2.05) is 50.2 Å². The fourth-order valence-electron chi connectivity index (χ4n) is 1.92. The summed E-state index contributed by atoms with van der Waals surface area (Å²) in [6.45, 7) is 4.78. The molecule has 1 aromatic heterocycles. The number of pyridine rings is 1. The van der Waals surface area contributed by atoms with Gasteiger partial charge in [0.25, 0.3) is 5.91 Å². The highest BCUT2D eigenvalue weighted by Crippen LogP contribution is 2.12. The molecule has 2 N–H and O–H groups in total. The van der Waals surface area contributed by atoms with E-state index in [0.29, 0.717) is 5.56 Å². The van der Waals surface area contributed by atoms with E-state index in [2.05, 4.69) is 15.6 Å². The van der Waals surface area contributed by atoms with Crippen molar-refractivity contribution in [3.05, 3.63) is 59.8 Å². The molecule has 2 aromatic rings. The lowest BCUT2D eigenvalue weighted by Gasteiger charge is -2.14. The van der Waals surface area contributed by atoms with E-state index in [1.54, 1.807) is 12.3 Å².